The third kappa shape index (κ3) is 5.10. The summed E-state index contributed by atoms with van der Waals surface area (Å²) < 4.78 is 44.8. The first-order valence-corrected chi connectivity index (χ1v) is 11.9. The number of nitrogens with zero attached hydrogens (tertiary/aromatic N) is 1. The number of benzene rings is 2. The fourth-order valence-corrected chi connectivity index (χ4v) is 4.96. The van der Waals surface area contributed by atoms with Gasteiger partial charge in [-0.15, -0.1) is 0 Å². The number of alkyl halides is 3. The maximum atomic E-state index is 13.1. The summed E-state index contributed by atoms with van der Waals surface area (Å²) >= 11 is 0. The van der Waals surface area contributed by atoms with Gasteiger partial charge in [0.2, 0.25) is 11.8 Å². The molecule has 2 amide bonds. The summed E-state index contributed by atoms with van der Waals surface area (Å²) in [5.74, 6) is -0.461. The van der Waals surface area contributed by atoms with E-state index in [-0.39, 0.29) is 24.3 Å². The van der Waals surface area contributed by atoms with Gasteiger partial charge in [0, 0.05) is 36.1 Å². The molecule has 3 aliphatic rings. The SMILES string of the molecule is O=C(/C=C1\CCCOc2cc(C(F)(F)F)ccc21)Nc1ccc2c(c1)NC(=O)C(N1CC[C@H](O)C1)C2. The highest BCUT2D eigenvalue weighted by Gasteiger charge is 2.35. The van der Waals surface area contributed by atoms with Gasteiger partial charge < -0.3 is 20.5 Å². The summed E-state index contributed by atoms with van der Waals surface area (Å²) in [4.78, 5) is 27.4. The standard InChI is InChI=1S/C26H26F3N3O4/c27-26(28,29)17-4-6-20-15(2-1-9-36-23(20)12-17)11-24(34)30-18-5-3-16-10-22(25(35)31-21(16)13-18)32-8-7-19(33)14-32/h3-6,11-13,19,22,33H,1-2,7-10,14H2,(H,30,34)(H,31,35)/b15-11+/t19-,22?/m0/s1. The van der Waals surface area contributed by atoms with Gasteiger partial charge in [0.1, 0.15) is 5.75 Å². The quantitative estimate of drug-likeness (QED) is 0.557. The number of β-amino-alcohol motifs (C(OH)–C–C–N with tert-alkyl or cyclic N) is 1. The molecule has 1 unspecified atom stereocenters. The van der Waals surface area contributed by atoms with E-state index in [2.05, 4.69) is 10.6 Å². The number of hydrogen-bond acceptors (Lipinski definition) is 5. The number of ether oxygens (including phenoxy) is 1. The lowest BCUT2D eigenvalue weighted by Crippen LogP contribution is -2.47. The number of halogens is 3. The number of aliphatic hydroxyl groups excluding tert-OH is 1. The number of anilines is 2. The van der Waals surface area contributed by atoms with E-state index >= 15 is 0 Å². The van der Waals surface area contributed by atoms with Gasteiger partial charge in [-0.05, 0) is 61.1 Å². The number of fused-ring (bicyclic) bond motifs is 2. The van der Waals surface area contributed by atoms with Crippen LogP contribution in [0.3, 0.4) is 0 Å². The average molecular weight is 502 g/mol. The van der Waals surface area contributed by atoms with Crippen molar-refractivity contribution in [3.8, 4) is 5.75 Å². The molecule has 2 aromatic rings. The number of carbonyl (C=O) groups excluding carboxylic acids is 2. The molecule has 3 heterocycles. The zero-order valence-electron chi connectivity index (χ0n) is 19.4. The Morgan fingerprint density at radius 2 is 2.06 bits per heavy atom. The van der Waals surface area contributed by atoms with Crippen LogP contribution in [0.2, 0.25) is 0 Å². The second kappa shape index (κ2) is 9.59. The van der Waals surface area contributed by atoms with Crippen molar-refractivity contribution in [2.45, 2.75) is 44.0 Å². The predicted octanol–water partition coefficient (Wildman–Crippen LogP) is 3.83. The zero-order chi connectivity index (χ0) is 25.4. The van der Waals surface area contributed by atoms with Crippen LogP contribution in [0.4, 0.5) is 24.5 Å². The minimum Gasteiger partial charge on any atom is -0.493 e. The molecule has 2 aromatic carbocycles. The summed E-state index contributed by atoms with van der Waals surface area (Å²) in [7, 11) is 0. The number of likely N-dealkylation sites (tertiary alicyclic amines) is 1. The van der Waals surface area contributed by atoms with Gasteiger partial charge >= 0.3 is 6.18 Å². The molecule has 1 fully saturated rings. The Kier molecular flexibility index (Phi) is 6.48. The highest BCUT2D eigenvalue weighted by Crippen LogP contribution is 2.38. The van der Waals surface area contributed by atoms with Crippen LogP contribution < -0.4 is 15.4 Å². The maximum Gasteiger partial charge on any atom is 0.416 e. The number of aliphatic hydroxyl groups is 1. The monoisotopic (exact) mass is 501 g/mol. The number of hydrogen-bond donors (Lipinski definition) is 3. The molecule has 36 heavy (non-hydrogen) atoms. The van der Waals surface area contributed by atoms with Gasteiger partial charge in [-0.2, -0.15) is 13.2 Å². The lowest BCUT2D eigenvalue weighted by atomic mass is 9.97. The van der Waals surface area contributed by atoms with Crippen molar-refractivity contribution in [2.24, 2.45) is 0 Å². The van der Waals surface area contributed by atoms with Gasteiger partial charge in [0.05, 0.1) is 24.3 Å². The molecule has 3 N–H and O–H groups in total. The van der Waals surface area contributed by atoms with Gasteiger partial charge in [-0.1, -0.05) is 12.1 Å². The Morgan fingerprint density at radius 1 is 1.22 bits per heavy atom. The van der Waals surface area contributed by atoms with Gasteiger partial charge in [-0.3, -0.25) is 14.5 Å². The molecule has 0 saturated carbocycles. The average Bonchev–Trinajstić information content (AvgIpc) is 3.15. The molecule has 0 aliphatic carbocycles. The smallest absolute Gasteiger partial charge is 0.416 e. The first kappa shape index (κ1) is 24.3. The Hall–Kier alpha value is -3.37. The van der Waals surface area contributed by atoms with Crippen LogP contribution in [0.1, 0.15) is 36.0 Å². The lowest BCUT2D eigenvalue weighted by molar-refractivity contribution is -0.137. The Bertz CT molecular complexity index is 1230. The summed E-state index contributed by atoms with van der Waals surface area (Å²) in [6, 6.07) is 8.25. The molecule has 0 bridgehead atoms. The molecule has 0 aromatic heterocycles. The normalized spacial score (nSPS) is 23.3. The third-order valence-corrected chi connectivity index (χ3v) is 6.79. The number of allylic oxidation sites excluding steroid dienone is 1. The van der Waals surface area contributed by atoms with Crippen molar-refractivity contribution in [1.82, 2.24) is 4.90 Å². The topological polar surface area (TPSA) is 90.9 Å². The summed E-state index contributed by atoms with van der Waals surface area (Å²) in [6.45, 7) is 1.40. The molecule has 7 nitrogen and oxygen atoms in total. The minimum absolute atomic E-state index is 0.109. The van der Waals surface area contributed by atoms with Gasteiger partial charge in [0.15, 0.2) is 0 Å². The second-order valence-corrected chi connectivity index (χ2v) is 9.34. The summed E-state index contributed by atoms with van der Waals surface area (Å²) in [6.07, 6.45) is -1.30. The number of carbonyl (C=O) groups is 2. The van der Waals surface area contributed by atoms with Crippen LogP contribution in [0.5, 0.6) is 5.75 Å². The molecule has 5 rings (SSSR count). The van der Waals surface area contributed by atoms with Gasteiger partial charge in [0.25, 0.3) is 0 Å². The van der Waals surface area contributed by atoms with Crippen LogP contribution >= 0.6 is 0 Å². The number of amides is 2. The van der Waals surface area contributed by atoms with Crippen LogP contribution in [-0.4, -0.2) is 53.7 Å². The molecular weight excluding hydrogens is 475 g/mol. The van der Waals surface area contributed by atoms with Crippen molar-refractivity contribution in [2.75, 3.05) is 30.3 Å². The van der Waals surface area contributed by atoms with Crippen molar-refractivity contribution in [3.05, 3.63) is 59.2 Å². The van der Waals surface area contributed by atoms with E-state index in [1.54, 1.807) is 12.1 Å². The molecular formula is C26H26F3N3O4. The van der Waals surface area contributed by atoms with Crippen LogP contribution in [0, 0.1) is 0 Å². The molecule has 2 atom stereocenters. The maximum absolute atomic E-state index is 13.1. The highest BCUT2D eigenvalue weighted by atomic mass is 19.4. The fraction of sp³-hybridized carbons (Fsp3) is 0.385. The van der Waals surface area contributed by atoms with E-state index in [9.17, 15) is 27.9 Å². The molecule has 10 heteroatoms. The van der Waals surface area contributed by atoms with Gasteiger partial charge in [-0.25, -0.2) is 0 Å². The van der Waals surface area contributed by atoms with Crippen molar-refractivity contribution < 1.29 is 32.6 Å². The lowest BCUT2D eigenvalue weighted by Gasteiger charge is -2.31. The summed E-state index contributed by atoms with van der Waals surface area (Å²) in [5.41, 5.74) is 2.30. The minimum atomic E-state index is -4.48. The molecule has 190 valence electrons. The van der Waals surface area contributed by atoms with E-state index in [1.165, 1.54) is 12.1 Å². The third-order valence-electron chi connectivity index (χ3n) is 6.79. The predicted molar refractivity (Wildman–Crippen MR) is 128 cm³/mol. The molecule has 1 saturated heterocycles. The van der Waals surface area contributed by atoms with E-state index in [0.29, 0.717) is 61.3 Å². The fourth-order valence-electron chi connectivity index (χ4n) is 4.96. The largest absolute Gasteiger partial charge is 0.493 e. The van der Waals surface area contributed by atoms with Crippen molar-refractivity contribution in [3.63, 3.8) is 0 Å². The molecule has 0 spiro atoms. The van der Waals surface area contributed by atoms with E-state index < -0.39 is 23.8 Å². The van der Waals surface area contributed by atoms with Crippen LogP contribution in [0.15, 0.2) is 42.5 Å². The first-order chi connectivity index (χ1) is 17.2. The Balaban J connectivity index is 1.31. The highest BCUT2D eigenvalue weighted by molar-refractivity contribution is 6.05. The molecule has 0 radical (unpaired) electrons. The Labute approximate surface area is 205 Å². The van der Waals surface area contributed by atoms with E-state index in [0.717, 1.165) is 17.7 Å². The van der Waals surface area contributed by atoms with Crippen LogP contribution in [0.25, 0.3) is 5.57 Å². The second-order valence-electron chi connectivity index (χ2n) is 9.34. The van der Waals surface area contributed by atoms with Crippen molar-refractivity contribution in [1.29, 1.82) is 0 Å². The molecule has 3 aliphatic heterocycles. The first-order valence-electron chi connectivity index (χ1n) is 11.9. The Morgan fingerprint density at radius 3 is 2.81 bits per heavy atom. The number of nitrogens with one attached hydrogen (secondary N) is 2. The number of rotatable bonds is 3. The zero-order valence-corrected chi connectivity index (χ0v) is 19.4. The van der Waals surface area contributed by atoms with E-state index in [4.69, 9.17) is 4.74 Å². The van der Waals surface area contributed by atoms with Crippen LogP contribution in [-0.2, 0) is 22.2 Å². The van der Waals surface area contributed by atoms with E-state index in [1.807, 2.05) is 11.0 Å². The van der Waals surface area contributed by atoms with Crippen molar-refractivity contribution >= 4 is 28.8 Å². The summed E-state index contributed by atoms with van der Waals surface area (Å²) in [5, 5.41) is 15.5.